The first-order valence-corrected chi connectivity index (χ1v) is 11.0. The van der Waals surface area contributed by atoms with Crippen LogP contribution in [0.2, 0.25) is 0 Å². The Labute approximate surface area is 132 Å². The lowest BCUT2D eigenvalue weighted by molar-refractivity contribution is 0.590. The topological polar surface area (TPSA) is 40.3 Å². The van der Waals surface area contributed by atoms with Crippen molar-refractivity contribution in [2.75, 3.05) is 11.7 Å². The lowest BCUT2D eigenvalue weighted by Gasteiger charge is -2.27. The summed E-state index contributed by atoms with van der Waals surface area (Å²) in [6, 6.07) is 6.33. The van der Waals surface area contributed by atoms with Crippen molar-refractivity contribution in [1.82, 2.24) is 0 Å². The zero-order valence-electron chi connectivity index (χ0n) is 12.8. The van der Waals surface area contributed by atoms with Crippen LogP contribution in [0.4, 0.5) is 26.7 Å². The SMILES string of the molecule is CN(c1ccc(C(C)(C)C)cc1)P1(F)=NP(F)(F)=NP(F)(F)=N1. The number of hydrogen-bond acceptors (Lipinski definition) is 4. The highest BCUT2D eigenvalue weighted by molar-refractivity contribution is 7.80. The minimum absolute atomic E-state index is 0.156. The zero-order valence-corrected chi connectivity index (χ0v) is 15.5. The molecule has 0 aliphatic carbocycles. The molecule has 1 aromatic rings. The lowest BCUT2D eigenvalue weighted by Crippen LogP contribution is -2.13. The average molecular weight is 392 g/mol. The number of hydrogen-bond donors (Lipinski definition) is 0. The minimum Gasteiger partial charge on any atom is -0.299 e. The third kappa shape index (κ3) is 4.26. The Hall–Kier alpha value is -0.640. The maximum atomic E-state index is 14.7. The summed E-state index contributed by atoms with van der Waals surface area (Å²) in [5.41, 5.74) is 0.933. The van der Waals surface area contributed by atoms with E-state index in [0.717, 1.165) is 12.6 Å². The molecule has 1 aromatic carbocycles. The van der Waals surface area contributed by atoms with Gasteiger partial charge < -0.3 is 0 Å². The summed E-state index contributed by atoms with van der Waals surface area (Å²) in [4.78, 5) is 0. The molecule has 12 heteroatoms. The van der Waals surface area contributed by atoms with Crippen LogP contribution in [0, 0.1) is 0 Å². The molecule has 0 amide bonds. The molecule has 0 N–H and O–H groups in total. The maximum absolute atomic E-state index is 14.7. The summed E-state index contributed by atoms with van der Waals surface area (Å²) < 4.78 is 76.0. The normalized spacial score (nSPS) is 25.8. The lowest BCUT2D eigenvalue weighted by atomic mass is 9.87. The van der Waals surface area contributed by atoms with Crippen LogP contribution >= 0.6 is 23.3 Å². The van der Waals surface area contributed by atoms with E-state index in [1.54, 1.807) is 12.1 Å². The number of anilines is 1. The first-order valence-electron chi connectivity index (χ1n) is 6.49. The van der Waals surface area contributed by atoms with E-state index in [9.17, 15) is 21.0 Å². The summed E-state index contributed by atoms with van der Waals surface area (Å²) in [6.07, 6.45) is 0. The number of rotatable bonds is 2. The van der Waals surface area contributed by atoms with Crippen molar-refractivity contribution < 1.29 is 21.0 Å². The molecule has 1 atom stereocenters. The highest BCUT2D eigenvalue weighted by Crippen LogP contribution is 2.82. The van der Waals surface area contributed by atoms with Gasteiger partial charge in [-0.2, -0.15) is 4.20 Å². The quantitative estimate of drug-likeness (QED) is 0.370. The number of nitrogens with zero attached hydrogens (tertiary/aromatic N) is 4. The van der Waals surface area contributed by atoms with Crippen molar-refractivity contribution in [3.63, 3.8) is 0 Å². The fourth-order valence-corrected chi connectivity index (χ4v) is 7.91. The van der Waals surface area contributed by atoms with Crippen LogP contribution in [0.3, 0.4) is 0 Å². The van der Waals surface area contributed by atoms with E-state index in [4.69, 9.17) is 0 Å². The van der Waals surface area contributed by atoms with Crippen molar-refractivity contribution in [1.29, 1.82) is 0 Å². The van der Waals surface area contributed by atoms with Gasteiger partial charge in [0.25, 0.3) is 0 Å². The molecular weight excluding hydrogens is 376 g/mol. The van der Waals surface area contributed by atoms with Gasteiger partial charge in [-0.25, -0.2) is 0 Å². The largest absolute Gasteiger partial charge is 0.424 e. The molecule has 1 aliphatic heterocycles. The molecule has 0 saturated heterocycles. The zero-order chi connectivity index (χ0) is 17.7. The highest BCUT2D eigenvalue weighted by atomic mass is 31.3. The van der Waals surface area contributed by atoms with Gasteiger partial charge in [0.05, 0.1) is 0 Å². The Morgan fingerprint density at radius 2 is 1.30 bits per heavy atom. The van der Waals surface area contributed by atoms with Crippen molar-refractivity contribution >= 4 is 29.0 Å². The molecule has 0 saturated carbocycles. The molecule has 0 bridgehead atoms. The second-order valence-corrected chi connectivity index (χ2v) is 11.6. The molecule has 4 nitrogen and oxygen atoms in total. The van der Waals surface area contributed by atoms with E-state index in [2.05, 4.69) is 9.03 Å². The standard InChI is InChI=1S/C11H16F5N4P3/c1-11(2,3)9-5-7-10(8-6-9)20(4)23(16)18-21(12,13)17-22(14,15)19-23/h5-8H,1-4H3. The van der Waals surface area contributed by atoms with Crippen LogP contribution in [0.25, 0.3) is 0 Å². The number of benzene rings is 1. The van der Waals surface area contributed by atoms with E-state index in [1.165, 1.54) is 12.1 Å². The summed E-state index contributed by atoms with van der Waals surface area (Å²) in [5.74, 6) is 0. The van der Waals surface area contributed by atoms with Gasteiger partial charge in [-0.15, -0.1) is 30.3 Å². The molecule has 1 unspecified atom stereocenters. The Bertz CT molecular complexity index is 764. The smallest absolute Gasteiger partial charge is 0.299 e. The monoisotopic (exact) mass is 392 g/mol. The molecule has 0 aromatic heterocycles. The van der Waals surface area contributed by atoms with Crippen molar-refractivity contribution in [3.8, 4) is 0 Å². The summed E-state index contributed by atoms with van der Waals surface area (Å²) in [5, 5.41) is 0. The fourth-order valence-electron chi connectivity index (χ4n) is 1.90. The molecule has 1 aliphatic rings. The van der Waals surface area contributed by atoms with E-state index in [0.29, 0.717) is 4.67 Å². The first-order chi connectivity index (χ1) is 10.2. The van der Waals surface area contributed by atoms with Crippen LogP contribution < -0.4 is 4.67 Å². The van der Waals surface area contributed by atoms with Crippen LogP contribution in [0.1, 0.15) is 26.3 Å². The van der Waals surface area contributed by atoms with Gasteiger partial charge in [0.15, 0.2) is 0 Å². The van der Waals surface area contributed by atoms with E-state index in [1.807, 2.05) is 25.3 Å². The molecule has 2 rings (SSSR count). The van der Waals surface area contributed by atoms with Gasteiger partial charge in [0.2, 0.25) is 0 Å². The summed E-state index contributed by atoms with van der Waals surface area (Å²) in [6.45, 7) is 5.91. The van der Waals surface area contributed by atoms with Crippen LogP contribution in [-0.2, 0) is 5.41 Å². The summed E-state index contributed by atoms with van der Waals surface area (Å²) >= 11 is 0. The molecular formula is C11H16F5N4P3. The fraction of sp³-hybridized carbons (Fsp3) is 0.455. The van der Waals surface area contributed by atoms with Crippen molar-refractivity contribution in [3.05, 3.63) is 29.8 Å². The van der Waals surface area contributed by atoms with Crippen LogP contribution in [0.15, 0.2) is 37.8 Å². The van der Waals surface area contributed by atoms with Crippen LogP contribution in [0.5, 0.6) is 0 Å². The maximum Gasteiger partial charge on any atom is 0.424 e. The predicted molar refractivity (Wildman–Crippen MR) is 87.1 cm³/mol. The minimum atomic E-state index is -5.70. The van der Waals surface area contributed by atoms with E-state index in [-0.39, 0.29) is 11.1 Å². The second kappa shape index (κ2) is 5.72. The Morgan fingerprint density at radius 1 is 0.826 bits per heavy atom. The molecule has 23 heavy (non-hydrogen) atoms. The van der Waals surface area contributed by atoms with Crippen molar-refractivity contribution in [2.24, 2.45) is 13.5 Å². The molecule has 0 radical (unpaired) electrons. The second-order valence-electron chi connectivity index (χ2n) is 6.00. The Kier molecular flexibility index (Phi) is 4.65. The number of halogens is 5. The van der Waals surface area contributed by atoms with Gasteiger partial charge in [-0.3, -0.25) is 4.67 Å². The molecule has 0 fully saturated rings. The van der Waals surface area contributed by atoms with E-state index < -0.39 is 23.3 Å². The van der Waals surface area contributed by atoms with E-state index >= 15 is 0 Å². The van der Waals surface area contributed by atoms with Gasteiger partial charge in [-0.05, 0) is 23.1 Å². The van der Waals surface area contributed by atoms with Gasteiger partial charge in [0, 0.05) is 12.7 Å². The molecule has 1 heterocycles. The predicted octanol–water partition coefficient (Wildman–Crippen LogP) is 8.12. The average Bonchev–Trinajstić information content (AvgIpc) is 2.32. The first kappa shape index (κ1) is 18.7. The Morgan fingerprint density at radius 3 is 1.74 bits per heavy atom. The van der Waals surface area contributed by atoms with Crippen molar-refractivity contribution in [2.45, 2.75) is 26.2 Å². The molecule has 0 spiro atoms. The summed E-state index contributed by atoms with van der Waals surface area (Å²) in [7, 11) is -15.2. The third-order valence-electron chi connectivity index (χ3n) is 3.15. The Balaban J connectivity index is 2.49. The highest BCUT2D eigenvalue weighted by Gasteiger charge is 2.41. The van der Waals surface area contributed by atoms with Gasteiger partial charge in [0.1, 0.15) is 0 Å². The van der Waals surface area contributed by atoms with Gasteiger partial charge in [-0.1, -0.05) is 32.9 Å². The van der Waals surface area contributed by atoms with Crippen LogP contribution in [-0.4, -0.2) is 7.05 Å². The molecule has 130 valence electrons. The van der Waals surface area contributed by atoms with Gasteiger partial charge >= 0.3 is 23.3 Å². The third-order valence-corrected chi connectivity index (χ3v) is 9.41.